The number of rotatable bonds is 2. The van der Waals surface area contributed by atoms with Crippen LogP contribution in [0.2, 0.25) is 0 Å². The molecule has 0 aliphatic rings. The minimum Gasteiger partial charge on any atom is -0.276 e. The van der Waals surface area contributed by atoms with Crippen LogP contribution in [0.4, 0.5) is 18.9 Å². The minimum absolute atomic E-state index is 0.117. The summed E-state index contributed by atoms with van der Waals surface area (Å²) in [6.07, 6.45) is -5.02. The monoisotopic (exact) mass is 379 g/mol. The van der Waals surface area contributed by atoms with Crippen molar-refractivity contribution in [2.24, 2.45) is 0 Å². The lowest BCUT2D eigenvalue weighted by Gasteiger charge is -2.11. The lowest BCUT2D eigenvalue weighted by Crippen LogP contribution is -2.14. The molecule has 92 valence electrons. The second-order valence-corrected chi connectivity index (χ2v) is 4.46. The van der Waals surface area contributed by atoms with E-state index in [-0.39, 0.29) is 3.57 Å². The van der Waals surface area contributed by atoms with Gasteiger partial charge in [-0.2, -0.15) is 13.2 Å². The van der Waals surface area contributed by atoms with Crippen molar-refractivity contribution in [2.75, 3.05) is 0 Å². The van der Waals surface area contributed by atoms with Crippen molar-refractivity contribution in [2.45, 2.75) is 6.18 Å². The Morgan fingerprint density at radius 1 is 1.41 bits per heavy atom. The SMILES string of the molecule is O=C(Cl)c1cc(I)cc([N+](=O)[O-])c1C(F)(F)F. The Balaban J connectivity index is 3.72. The summed E-state index contributed by atoms with van der Waals surface area (Å²) in [6, 6.07) is 1.58. The standard InChI is InChI=1S/C8H2ClF3INO3/c9-7(15)4-1-3(13)2-5(14(16)17)6(4)8(10,11)12/h1-2H. The molecule has 0 fully saturated rings. The molecule has 0 aliphatic carbocycles. The number of nitrogens with zero attached hydrogens (tertiary/aromatic N) is 1. The maximum atomic E-state index is 12.6. The smallest absolute Gasteiger partial charge is 0.276 e. The van der Waals surface area contributed by atoms with E-state index in [1.54, 1.807) is 22.6 Å². The largest absolute Gasteiger partial charge is 0.423 e. The number of benzene rings is 1. The van der Waals surface area contributed by atoms with Crippen LogP contribution in [-0.2, 0) is 6.18 Å². The maximum Gasteiger partial charge on any atom is 0.423 e. The Bertz CT molecular complexity index is 468. The fourth-order valence-corrected chi connectivity index (χ4v) is 1.94. The summed E-state index contributed by atoms with van der Waals surface area (Å²) in [6.45, 7) is 0. The molecule has 0 amide bonds. The first kappa shape index (κ1) is 14.2. The van der Waals surface area contributed by atoms with Gasteiger partial charge >= 0.3 is 6.18 Å². The van der Waals surface area contributed by atoms with Gasteiger partial charge in [0.25, 0.3) is 10.9 Å². The number of alkyl halides is 3. The predicted molar refractivity (Wildman–Crippen MR) is 61.0 cm³/mol. The topological polar surface area (TPSA) is 60.2 Å². The van der Waals surface area contributed by atoms with Crippen molar-refractivity contribution in [1.82, 2.24) is 0 Å². The highest BCUT2D eigenvalue weighted by molar-refractivity contribution is 14.1. The van der Waals surface area contributed by atoms with Gasteiger partial charge < -0.3 is 0 Å². The number of nitro benzene ring substituents is 1. The Morgan fingerprint density at radius 3 is 2.29 bits per heavy atom. The third kappa shape index (κ3) is 3.06. The van der Waals surface area contributed by atoms with E-state index in [9.17, 15) is 28.1 Å². The fraction of sp³-hybridized carbons (Fsp3) is 0.125. The molecule has 1 aromatic rings. The minimum atomic E-state index is -5.02. The van der Waals surface area contributed by atoms with Gasteiger partial charge in [0.2, 0.25) is 0 Å². The lowest BCUT2D eigenvalue weighted by atomic mass is 10.1. The van der Waals surface area contributed by atoms with Crippen molar-refractivity contribution >= 4 is 45.1 Å². The van der Waals surface area contributed by atoms with Crippen LogP contribution in [0.25, 0.3) is 0 Å². The van der Waals surface area contributed by atoms with Crippen molar-refractivity contribution in [3.63, 3.8) is 0 Å². The van der Waals surface area contributed by atoms with Crippen LogP contribution in [0.5, 0.6) is 0 Å². The molecule has 0 heterocycles. The van der Waals surface area contributed by atoms with Gasteiger partial charge in [0.15, 0.2) is 0 Å². The molecule has 0 aliphatic heterocycles. The Hall–Kier alpha value is -0.900. The Kier molecular flexibility index (Phi) is 3.97. The number of hydrogen-bond donors (Lipinski definition) is 0. The van der Waals surface area contributed by atoms with E-state index in [1.165, 1.54) is 0 Å². The van der Waals surface area contributed by atoms with Gasteiger partial charge in [-0.15, -0.1) is 0 Å². The lowest BCUT2D eigenvalue weighted by molar-refractivity contribution is -0.388. The number of nitro groups is 1. The van der Waals surface area contributed by atoms with Crippen LogP contribution in [0, 0.1) is 13.7 Å². The van der Waals surface area contributed by atoms with E-state index in [4.69, 9.17) is 11.6 Å². The third-order valence-corrected chi connectivity index (χ3v) is 2.60. The van der Waals surface area contributed by atoms with Gasteiger partial charge in [-0.1, -0.05) is 0 Å². The molecule has 0 bridgehead atoms. The summed E-state index contributed by atoms with van der Waals surface area (Å²) in [5.41, 5.74) is -3.73. The molecule has 0 N–H and O–H groups in total. The van der Waals surface area contributed by atoms with Gasteiger partial charge in [-0.25, -0.2) is 0 Å². The van der Waals surface area contributed by atoms with Crippen molar-refractivity contribution in [3.8, 4) is 0 Å². The van der Waals surface area contributed by atoms with E-state index >= 15 is 0 Å². The van der Waals surface area contributed by atoms with Crippen LogP contribution in [0.3, 0.4) is 0 Å². The second-order valence-electron chi connectivity index (χ2n) is 2.88. The highest BCUT2D eigenvalue weighted by atomic mass is 127. The first-order valence-electron chi connectivity index (χ1n) is 3.89. The van der Waals surface area contributed by atoms with E-state index in [0.717, 1.165) is 12.1 Å². The van der Waals surface area contributed by atoms with E-state index < -0.39 is 33.2 Å². The molecular formula is C8H2ClF3INO3. The van der Waals surface area contributed by atoms with Gasteiger partial charge in [0.1, 0.15) is 5.56 Å². The van der Waals surface area contributed by atoms with Gasteiger partial charge in [0.05, 0.1) is 10.5 Å². The predicted octanol–water partition coefficient (Wildman–Crippen LogP) is 3.60. The molecule has 0 radical (unpaired) electrons. The summed E-state index contributed by atoms with van der Waals surface area (Å²) >= 11 is 6.56. The number of hydrogen-bond acceptors (Lipinski definition) is 3. The van der Waals surface area contributed by atoms with Crippen molar-refractivity contribution in [3.05, 3.63) is 36.9 Å². The van der Waals surface area contributed by atoms with E-state index in [1.807, 2.05) is 0 Å². The molecule has 0 unspecified atom stereocenters. The highest BCUT2D eigenvalue weighted by Gasteiger charge is 2.42. The molecule has 0 saturated carbocycles. The maximum absolute atomic E-state index is 12.6. The molecule has 0 saturated heterocycles. The summed E-state index contributed by atoms with van der Waals surface area (Å²) in [5, 5.41) is 9.15. The van der Waals surface area contributed by atoms with Crippen molar-refractivity contribution in [1.29, 1.82) is 0 Å². The zero-order valence-corrected chi connectivity index (χ0v) is 10.6. The summed E-state index contributed by atoms with van der Waals surface area (Å²) in [4.78, 5) is 20.2. The van der Waals surface area contributed by atoms with Crippen LogP contribution in [0.1, 0.15) is 15.9 Å². The first-order chi connectivity index (χ1) is 7.64. The highest BCUT2D eigenvalue weighted by Crippen LogP contribution is 2.40. The average molecular weight is 379 g/mol. The Morgan fingerprint density at radius 2 is 1.94 bits per heavy atom. The zero-order valence-electron chi connectivity index (χ0n) is 7.72. The average Bonchev–Trinajstić information content (AvgIpc) is 2.14. The summed E-state index contributed by atoms with van der Waals surface area (Å²) < 4.78 is 38.0. The van der Waals surface area contributed by atoms with Gasteiger partial charge in [-0.3, -0.25) is 14.9 Å². The number of carbonyl (C=O) groups is 1. The molecule has 9 heteroatoms. The van der Waals surface area contributed by atoms with Crippen LogP contribution in [0.15, 0.2) is 12.1 Å². The van der Waals surface area contributed by atoms with E-state index in [0.29, 0.717) is 0 Å². The molecule has 1 aromatic carbocycles. The van der Waals surface area contributed by atoms with E-state index in [2.05, 4.69) is 0 Å². The van der Waals surface area contributed by atoms with Crippen LogP contribution >= 0.6 is 34.2 Å². The molecule has 0 atom stereocenters. The van der Waals surface area contributed by atoms with Crippen molar-refractivity contribution < 1.29 is 22.9 Å². The first-order valence-corrected chi connectivity index (χ1v) is 5.35. The molecule has 4 nitrogen and oxygen atoms in total. The third-order valence-electron chi connectivity index (χ3n) is 1.77. The Labute approximate surface area is 111 Å². The molecule has 1 rings (SSSR count). The molecule has 0 aromatic heterocycles. The fourth-order valence-electron chi connectivity index (χ4n) is 1.19. The molecule has 17 heavy (non-hydrogen) atoms. The summed E-state index contributed by atoms with van der Waals surface area (Å²) in [7, 11) is 0. The van der Waals surface area contributed by atoms with Gasteiger partial charge in [-0.05, 0) is 40.3 Å². The normalized spacial score (nSPS) is 11.4. The van der Waals surface area contributed by atoms with Gasteiger partial charge in [0, 0.05) is 9.64 Å². The molecular weight excluding hydrogens is 377 g/mol. The number of carbonyl (C=O) groups excluding carboxylic acids is 1. The van der Waals surface area contributed by atoms with Crippen LogP contribution < -0.4 is 0 Å². The molecule has 0 spiro atoms. The second kappa shape index (κ2) is 4.77. The quantitative estimate of drug-likeness (QED) is 0.341. The summed E-state index contributed by atoms with van der Waals surface area (Å²) in [5.74, 6) is 0. The number of halogens is 5. The zero-order chi connectivity index (χ0) is 13.4. The van der Waals surface area contributed by atoms with Crippen LogP contribution in [-0.4, -0.2) is 10.2 Å².